The van der Waals surface area contributed by atoms with Crippen LogP contribution in [0.2, 0.25) is 0 Å². The van der Waals surface area contributed by atoms with Gasteiger partial charge < -0.3 is 37.2 Å². The van der Waals surface area contributed by atoms with Gasteiger partial charge in [0.25, 0.3) is 0 Å². The number of aliphatic hydroxyl groups excluding tert-OH is 1. The molecule has 1 fully saturated rings. The van der Waals surface area contributed by atoms with Gasteiger partial charge in [-0.1, -0.05) is 30.3 Å². The fraction of sp³-hybridized carbons (Fsp3) is 0.583. The Balaban J connectivity index is 2.09. The first-order valence-electron chi connectivity index (χ1n) is 12.0. The number of unbranched alkanes of at least 4 members (excludes halogenated alkanes) is 1. The van der Waals surface area contributed by atoms with Gasteiger partial charge in [0.1, 0.15) is 18.1 Å². The maximum absolute atomic E-state index is 13.2. The Morgan fingerprint density at radius 1 is 1.11 bits per heavy atom. The molecule has 5 atom stereocenters. The van der Waals surface area contributed by atoms with E-state index in [1.165, 1.54) is 11.8 Å². The van der Waals surface area contributed by atoms with Crippen molar-refractivity contribution in [1.82, 2.24) is 15.5 Å². The summed E-state index contributed by atoms with van der Waals surface area (Å²) in [6.07, 6.45) is 1.28. The lowest BCUT2D eigenvalue weighted by Gasteiger charge is -2.29. The van der Waals surface area contributed by atoms with Crippen molar-refractivity contribution in [1.29, 1.82) is 0 Å². The van der Waals surface area contributed by atoms with E-state index in [0.717, 1.165) is 5.56 Å². The first-order chi connectivity index (χ1) is 16.6. The highest BCUT2D eigenvalue weighted by Crippen LogP contribution is 2.20. The Hall–Kier alpha value is -3.02. The van der Waals surface area contributed by atoms with Crippen molar-refractivity contribution in [3.8, 4) is 0 Å². The third-order valence-electron chi connectivity index (χ3n) is 6.08. The molecule has 35 heavy (non-hydrogen) atoms. The van der Waals surface area contributed by atoms with Crippen LogP contribution in [0.1, 0.15) is 44.6 Å². The number of likely N-dealkylation sites (tertiary alicyclic amines) is 1. The molecule has 1 aromatic rings. The minimum absolute atomic E-state index is 0.243. The summed E-state index contributed by atoms with van der Waals surface area (Å²) in [7, 11) is 0. The van der Waals surface area contributed by atoms with Crippen LogP contribution in [0, 0.1) is 0 Å². The summed E-state index contributed by atoms with van der Waals surface area (Å²) in [4.78, 5) is 51.7. The molecule has 1 heterocycles. The zero-order valence-corrected chi connectivity index (χ0v) is 20.1. The molecular formula is C24H37N5O6. The molecule has 0 saturated carbocycles. The number of hydrogen-bond acceptors (Lipinski definition) is 7. The Bertz CT molecular complexity index is 865. The molecule has 0 spiro atoms. The topological polar surface area (TPSA) is 188 Å². The van der Waals surface area contributed by atoms with Crippen molar-refractivity contribution in [3.05, 3.63) is 35.9 Å². The molecule has 194 valence electrons. The Labute approximate surface area is 205 Å². The zero-order valence-electron chi connectivity index (χ0n) is 20.1. The van der Waals surface area contributed by atoms with Crippen molar-refractivity contribution in [2.45, 2.75) is 75.7 Å². The van der Waals surface area contributed by atoms with Gasteiger partial charge in [0.05, 0.1) is 12.1 Å². The first-order valence-corrected chi connectivity index (χ1v) is 12.0. The third-order valence-corrected chi connectivity index (χ3v) is 6.08. The lowest BCUT2D eigenvalue weighted by molar-refractivity contribution is -0.149. The predicted molar refractivity (Wildman–Crippen MR) is 129 cm³/mol. The molecule has 0 aliphatic carbocycles. The summed E-state index contributed by atoms with van der Waals surface area (Å²) in [5.41, 5.74) is 12.4. The van der Waals surface area contributed by atoms with Crippen molar-refractivity contribution in [2.75, 3.05) is 13.1 Å². The number of aliphatic hydroxyl groups is 1. The molecule has 11 heteroatoms. The molecule has 3 amide bonds. The highest BCUT2D eigenvalue weighted by atomic mass is 16.4. The molecule has 0 radical (unpaired) electrons. The van der Waals surface area contributed by atoms with E-state index in [1.807, 2.05) is 30.3 Å². The van der Waals surface area contributed by atoms with Gasteiger partial charge in [-0.15, -0.1) is 0 Å². The van der Waals surface area contributed by atoms with Crippen LogP contribution in [0.3, 0.4) is 0 Å². The Morgan fingerprint density at radius 2 is 1.80 bits per heavy atom. The van der Waals surface area contributed by atoms with Gasteiger partial charge >= 0.3 is 5.97 Å². The first kappa shape index (κ1) is 28.2. The second-order valence-corrected chi connectivity index (χ2v) is 8.90. The van der Waals surface area contributed by atoms with E-state index < -0.39 is 54.0 Å². The van der Waals surface area contributed by atoms with Gasteiger partial charge in [-0.25, -0.2) is 4.79 Å². The summed E-state index contributed by atoms with van der Waals surface area (Å²) >= 11 is 0. The van der Waals surface area contributed by atoms with E-state index >= 15 is 0 Å². The molecule has 1 aliphatic heterocycles. The lowest BCUT2D eigenvalue weighted by atomic mass is 10.0. The molecule has 2 rings (SSSR count). The number of nitrogens with zero attached hydrogens (tertiary/aromatic N) is 1. The maximum atomic E-state index is 13.2. The number of carbonyl (C=O) groups excluding carboxylic acids is 3. The van der Waals surface area contributed by atoms with Crippen LogP contribution < -0.4 is 22.1 Å². The number of amides is 3. The second-order valence-electron chi connectivity index (χ2n) is 8.90. The number of carbonyl (C=O) groups is 4. The van der Waals surface area contributed by atoms with Crippen LogP contribution in [-0.4, -0.2) is 82.2 Å². The SMILES string of the molecule is CC(O)C(NC(=O)C(N)Cc1ccccc1)C(=O)NC(CCCCN)C(=O)N1CCCC1C(=O)O. The number of carboxylic acid groups (broad SMARTS) is 1. The van der Waals surface area contributed by atoms with E-state index in [9.17, 15) is 29.4 Å². The molecule has 8 N–H and O–H groups in total. The maximum Gasteiger partial charge on any atom is 0.326 e. The normalized spacial score (nSPS) is 18.9. The number of hydrogen-bond donors (Lipinski definition) is 6. The summed E-state index contributed by atoms with van der Waals surface area (Å²) in [6, 6.07) is 4.89. The highest BCUT2D eigenvalue weighted by molar-refractivity contribution is 5.94. The number of benzene rings is 1. The summed E-state index contributed by atoms with van der Waals surface area (Å²) in [5, 5.41) is 24.7. The largest absolute Gasteiger partial charge is 0.480 e. The third kappa shape index (κ3) is 8.30. The van der Waals surface area contributed by atoms with Crippen LogP contribution in [0.5, 0.6) is 0 Å². The summed E-state index contributed by atoms with van der Waals surface area (Å²) < 4.78 is 0. The number of nitrogens with two attached hydrogens (primary N) is 2. The molecular weight excluding hydrogens is 454 g/mol. The Kier molecular flexibility index (Phi) is 11.1. The molecule has 11 nitrogen and oxygen atoms in total. The van der Waals surface area contributed by atoms with E-state index in [4.69, 9.17) is 11.5 Å². The number of carboxylic acids is 1. The number of aliphatic carboxylic acids is 1. The van der Waals surface area contributed by atoms with Gasteiger partial charge in [0.2, 0.25) is 17.7 Å². The molecule has 5 unspecified atom stereocenters. The van der Waals surface area contributed by atoms with Gasteiger partial charge in [0.15, 0.2) is 0 Å². The fourth-order valence-electron chi connectivity index (χ4n) is 4.13. The minimum atomic E-state index is -1.34. The van der Waals surface area contributed by atoms with Crippen molar-refractivity contribution >= 4 is 23.7 Å². The van der Waals surface area contributed by atoms with E-state index in [1.54, 1.807) is 0 Å². The average molecular weight is 492 g/mol. The van der Waals surface area contributed by atoms with Gasteiger partial charge in [-0.05, 0) is 57.6 Å². The fourth-order valence-corrected chi connectivity index (χ4v) is 4.13. The summed E-state index contributed by atoms with van der Waals surface area (Å²) in [6.45, 7) is 2.03. The van der Waals surface area contributed by atoms with Gasteiger partial charge in [-0.2, -0.15) is 0 Å². The molecule has 0 bridgehead atoms. The monoisotopic (exact) mass is 491 g/mol. The van der Waals surface area contributed by atoms with E-state index in [0.29, 0.717) is 32.2 Å². The van der Waals surface area contributed by atoms with Crippen molar-refractivity contribution in [2.24, 2.45) is 11.5 Å². The van der Waals surface area contributed by atoms with Crippen LogP contribution in [0.15, 0.2) is 30.3 Å². The van der Waals surface area contributed by atoms with E-state index in [-0.39, 0.29) is 19.4 Å². The highest BCUT2D eigenvalue weighted by Gasteiger charge is 2.38. The summed E-state index contributed by atoms with van der Waals surface area (Å²) in [5.74, 6) is -2.97. The van der Waals surface area contributed by atoms with Crippen LogP contribution in [0.25, 0.3) is 0 Å². The van der Waals surface area contributed by atoms with Crippen molar-refractivity contribution in [3.63, 3.8) is 0 Å². The molecule has 0 aromatic heterocycles. The zero-order chi connectivity index (χ0) is 26.0. The number of rotatable bonds is 13. The van der Waals surface area contributed by atoms with Crippen LogP contribution >= 0.6 is 0 Å². The quantitative estimate of drug-likeness (QED) is 0.192. The molecule has 1 aromatic carbocycles. The van der Waals surface area contributed by atoms with Gasteiger partial charge in [-0.3, -0.25) is 14.4 Å². The van der Waals surface area contributed by atoms with Crippen molar-refractivity contribution < 1.29 is 29.4 Å². The molecule has 1 aliphatic rings. The smallest absolute Gasteiger partial charge is 0.326 e. The predicted octanol–water partition coefficient (Wildman–Crippen LogP) is -0.889. The van der Waals surface area contributed by atoms with Gasteiger partial charge in [0, 0.05) is 6.54 Å². The second kappa shape index (κ2) is 13.8. The lowest BCUT2D eigenvalue weighted by Crippen LogP contribution is -2.60. The van der Waals surface area contributed by atoms with Crippen LogP contribution in [0.4, 0.5) is 0 Å². The standard InChI is InChI=1S/C24H37N5O6/c1-15(30)20(28-21(31)17(26)14-16-8-3-2-4-9-16)22(32)27-18(10-5-6-12-25)23(33)29-13-7-11-19(29)24(34)35/h2-4,8-9,15,17-20,30H,5-7,10-14,25-26H2,1H3,(H,27,32)(H,28,31)(H,34,35). The minimum Gasteiger partial charge on any atom is -0.480 e. The average Bonchev–Trinajstić information content (AvgIpc) is 3.32. The van der Waals surface area contributed by atoms with Crippen LogP contribution in [-0.2, 0) is 25.6 Å². The Morgan fingerprint density at radius 3 is 2.40 bits per heavy atom. The number of nitrogens with one attached hydrogen (secondary N) is 2. The van der Waals surface area contributed by atoms with E-state index in [2.05, 4.69) is 10.6 Å². The molecule has 1 saturated heterocycles.